The molecule has 0 saturated carbocycles. The first kappa shape index (κ1) is 10.5. The van der Waals surface area contributed by atoms with Crippen molar-refractivity contribution in [1.82, 2.24) is 0 Å². The van der Waals surface area contributed by atoms with Crippen molar-refractivity contribution in [3.63, 3.8) is 0 Å². The minimum absolute atomic E-state index is 0.157. The van der Waals surface area contributed by atoms with Gasteiger partial charge < -0.3 is 4.74 Å². The molecule has 13 heavy (non-hydrogen) atoms. The molecule has 1 rings (SSSR count). The highest BCUT2D eigenvalue weighted by Crippen LogP contribution is 2.29. The second-order valence-electron chi connectivity index (χ2n) is 3.50. The topological polar surface area (TPSA) is 38.7 Å². The van der Waals surface area contributed by atoms with Gasteiger partial charge >= 0.3 is 5.97 Å². The lowest BCUT2D eigenvalue weighted by Gasteiger charge is -2.16. The fraction of sp³-hybridized carbons (Fsp3) is 0.778. The van der Waals surface area contributed by atoms with Gasteiger partial charge in [-0.2, -0.15) is 0 Å². The van der Waals surface area contributed by atoms with E-state index in [4.69, 9.17) is 16.3 Å². The van der Waals surface area contributed by atoms with Crippen LogP contribution in [0.15, 0.2) is 4.99 Å². The van der Waals surface area contributed by atoms with E-state index in [1.807, 2.05) is 13.8 Å². The Bertz CT molecular complexity index is 250. The molecule has 1 saturated heterocycles. The molecule has 1 atom stereocenters. The van der Waals surface area contributed by atoms with Crippen LogP contribution in [0.3, 0.4) is 0 Å². The van der Waals surface area contributed by atoms with Crippen molar-refractivity contribution >= 4 is 23.3 Å². The molecule has 4 heteroatoms. The van der Waals surface area contributed by atoms with Gasteiger partial charge in [0.25, 0.3) is 0 Å². The van der Waals surface area contributed by atoms with Crippen molar-refractivity contribution in [3.8, 4) is 0 Å². The third-order valence-corrected chi connectivity index (χ3v) is 2.65. The number of alkyl halides is 1. The normalized spacial score (nSPS) is 29.6. The molecule has 0 radical (unpaired) electrons. The van der Waals surface area contributed by atoms with Gasteiger partial charge in [-0.25, -0.2) is 4.79 Å². The number of cyclic esters (lactones) is 1. The third kappa shape index (κ3) is 2.02. The second kappa shape index (κ2) is 3.66. The number of ether oxygens (including phenoxy) is 1. The van der Waals surface area contributed by atoms with E-state index in [0.717, 1.165) is 0 Å². The maximum Gasteiger partial charge on any atom is 0.333 e. The molecule has 3 nitrogen and oxygen atoms in total. The fourth-order valence-electron chi connectivity index (χ4n) is 1.32. The van der Waals surface area contributed by atoms with Crippen LogP contribution in [0.1, 0.15) is 27.2 Å². The zero-order valence-electron chi connectivity index (χ0n) is 8.13. The summed E-state index contributed by atoms with van der Waals surface area (Å²) in [7, 11) is 0. The van der Waals surface area contributed by atoms with E-state index in [0.29, 0.717) is 18.7 Å². The molecule has 0 bridgehead atoms. The molecular formula is C9H14ClNO2. The van der Waals surface area contributed by atoms with Gasteiger partial charge in [0.05, 0.1) is 6.61 Å². The highest BCUT2D eigenvalue weighted by atomic mass is 35.5. The Morgan fingerprint density at radius 3 is 2.69 bits per heavy atom. The molecule has 0 spiro atoms. The molecular weight excluding hydrogens is 190 g/mol. The van der Waals surface area contributed by atoms with Crippen molar-refractivity contribution in [2.45, 2.75) is 38.1 Å². The summed E-state index contributed by atoms with van der Waals surface area (Å²) < 4.78 is 4.82. The van der Waals surface area contributed by atoms with E-state index in [9.17, 15) is 4.79 Å². The predicted octanol–water partition coefficient (Wildman–Crippen LogP) is 1.78. The van der Waals surface area contributed by atoms with Gasteiger partial charge in [0.2, 0.25) is 0 Å². The summed E-state index contributed by atoms with van der Waals surface area (Å²) in [4.78, 5) is 14.6. The maximum absolute atomic E-state index is 11.3. The number of halogens is 1. The highest BCUT2D eigenvalue weighted by Gasteiger charge is 2.45. The lowest BCUT2D eigenvalue weighted by Crippen LogP contribution is -2.36. The van der Waals surface area contributed by atoms with E-state index >= 15 is 0 Å². The van der Waals surface area contributed by atoms with Crippen molar-refractivity contribution in [3.05, 3.63) is 0 Å². The number of nitrogens with zero attached hydrogens (tertiary/aromatic N) is 1. The van der Waals surface area contributed by atoms with Crippen LogP contribution in [-0.2, 0) is 9.53 Å². The van der Waals surface area contributed by atoms with Crippen LogP contribution in [0, 0.1) is 0 Å². The Kier molecular flexibility index (Phi) is 2.96. The smallest absolute Gasteiger partial charge is 0.333 e. The summed E-state index contributed by atoms with van der Waals surface area (Å²) in [5.74, 6) is -0.365. The molecule has 1 unspecified atom stereocenters. The molecule has 0 amide bonds. The van der Waals surface area contributed by atoms with Crippen LogP contribution < -0.4 is 0 Å². The van der Waals surface area contributed by atoms with Gasteiger partial charge in [-0.05, 0) is 20.8 Å². The largest absolute Gasteiger partial charge is 0.464 e. The zero-order chi connectivity index (χ0) is 10.1. The van der Waals surface area contributed by atoms with Crippen LogP contribution >= 0.6 is 11.6 Å². The first-order valence-corrected chi connectivity index (χ1v) is 4.75. The number of hydrogen-bond donors (Lipinski definition) is 0. The number of carbonyl (C=O) groups is 1. The van der Waals surface area contributed by atoms with Gasteiger partial charge in [0.1, 0.15) is 0 Å². The monoisotopic (exact) mass is 203 g/mol. The van der Waals surface area contributed by atoms with Gasteiger partial charge in [-0.3, -0.25) is 4.99 Å². The number of esters is 1. The molecule has 0 aliphatic carbocycles. The average molecular weight is 204 g/mol. The molecule has 0 aromatic heterocycles. The molecule has 1 fully saturated rings. The standard InChI is InChI=1S/C9H14ClNO2/c1-6(2)11-7(3)9(10)4-5-13-8(9)12/h6H,4-5H2,1-3H3. The van der Waals surface area contributed by atoms with Crippen molar-refractivity contribution < 1.29 is 9.53 Å². The quantitative estimate of drug-likeness (QED) is 0.390. The Morgan fingerprint density at radius 1 is 1.69 bits per heavy atom. The van der Waals surface area contributed by atoms with E-state index in [-0.39, 0.29) is 12.0 Å². The summed E-state index contributed by atoms with van der Waals surface area (Å²) in [5, 5.41) is 0. The summed E-state index contributed by atoms with van der Waals surface area (Å²) in [6, 6.07) is 0.157. The van der Waals surface area contributed by atoms with Gasteiger partial charge in [-0.1, -0.05) is 11.6 Å². The third-order valence-electron chi connectivity index (χ3n) is 2.03. The first-order chi connectivity index (χ1) is 5.97. The van der Waals surface area contributed by atoms with Gasteiger partial charge in [-0.15, -0.1) is 0 Å². The molecule has 1 aliphatic heterocycles. The molecule has 74 valence electrons. The summed E-state index contributed by atoms with van der Waals surface area (Å²) in [6.45, 7) is 6.07. The van der Waals surface area contributed by atoms with E-state index in [2.05, 4.69) is 4.99 Å². The molecule has 0 aromatic rings. The Labute approximate surface area is 83.1 Å². The Morgan fingerprint density at radius 2 is 2.31 bits per heavy atom. The average Bonchev–Trinajstić information content (AvgIpc) is 2.32. The number of aliphatic imine (C=N–C) groups is 1. The Balaban J connectivity index is 2.86. The summed E-state index contributed by atoms with van der Waals surface area (Å²) in [5.41, 5.74) is 0.659. The predicted molar refractivity (Wildman–Crippen MR) is 52.4 cm³/mol. The fourth-order valence-corrected chi connectivity index (χ4v) is 1.50. The van der Waals surface area contributed by atoms with Crippen molar-refractivity contribution in [1.29, 1.82) is 0 Å². The zero-order valence-corrected chi connectivity index (χ0v) is 8.89. The van der Waals surface area contributed by atoms with Crippen LogP contribution in [0.2, 0.25) is 0 Å². The van der Waals surface area contributed by atoms with Gasteiger partial charge in [0, 0.05) is 18.2 Å². The number of carbonyl (C=O) groups excluding carboxylic acids is 1. The van der Waals surface area contributed by atoms with Crippen molar-refractivity contribution in [2.75, 3.05) is 6.61 Å². The minimum atomic E-state index is -0.996. The highest BCUT2D eigenvalue weighted by molar-refractivity contribution is 6.46. The minimum Gasteiger partial charge on any atom is -0.464 e. The van der Waals surface area contributed by atoms with Crippen LogP contribution in [-0.4, -0.2) is 29.2 Å². The van der Waals surface area contributed by atoms with Crippen LogP contribution in [0.4, 0.5) is 0 Å². The lowest BCUT2D eigenvalue weighted by molar-refractivity contribution is -0.138. The van der Waals surface area contributed by atoms with E-state index in [1.54, 1.807) is 6.92 Å². The maximum atomic E-state index is 11.3. The molecule has 1 aliphatic rings. The van der Waals surface area contributed by atoms with Crippen LogP contribution in [0.5, 0.6) is 0 Å². The second-order valence-corrected chi connectivity index (χ2v) is 4.14. The number of hydrogen-bond acceptors (Lipinski definition) is 3. The molecule has 0 aromatic carbocycles. The summed E-state index contributed by atoms with van der Waals surface area (Å²) in [6.07, 6.45) is 0.523. The summed E-state index contributed by atoms with van der Waals surface area (Å²) >= 11 is 6.11. The van der Waals surface area contributed by atoms with Gasteiger partial charge in [0.15, 0.2) is 4.87 Å². The Hall–Kier alpha value is -0.570. The van der Waals surface area contributed by atoms with E-state index < -0.39 is 4.87 Å². The molecule has 0 N–H and O–H groups in total. The van der Waals surface area contributed by atoms with E-state index in [1.165, 1.54) is 0 Å². The first-order valence-electron chi connectivity index (χ1n) is 4.38. The number of rotatable bonds is 2. The van der Waals surface area contributed by atoms with Crippen LogP contribution in [0.25, 0.3) is 0 Å². The van der Waals surface area contributed by atoms with Crippen molar-refractivity contribution in [2.24, 2.45) is 4.99 Å². The lowest BCUT2D eigenvalue weighted by atomic mass is 10.0. The molecule has 1 heterocycles. The SMILES string of the molecule is CC(=NC(C)C)C1(Cl)CCOC1=O.